The fourth-order valence-electron chi connectivity index (χ4n) is 4.44. The van der Waals surface area contributed by atoms with E-state index in [1.54, 1.807) is 37.4 Å². The highest BCUT2D eigenvalue weighted by Gasteiger charge is 2.37. The maximum atomic E-state index is 13.5. The summed E-state index contributed by atoms with van der Waals surface area (Å²) in [5.41, 5.74) is 9.08. The number of ketones is 1. The molecule has 46 heavy (non-hydrogen) atoms. The molecule has 8 N–H and O–H groups in total. The van der Waals surface area contributed by atoms with E-state index in [-0.39, 0.29) is 41.7 Å². The molecule has 1 aliphatic carbocycles. The number of rotatable bonds is 21. The number of Topliss-reactive ketones (excluding diaryl/α,β-unsaturated/α-hetero) is 1. The minimum atomic E-state index is -0.906. The van der Waals surface area contributed by atoms with Crippen molar-refractivity contribution in [3.63, 3.8) is 0 Å². The van der Waals surface area contributed by atoms with Crippen LogP contribution in [0.4, 0.5) is 0 Å². The second kappa shape index (κ2) is 19.0. The summed E-state index contributed by atoms with van der Waals surface area (Å²) >= 11 is 3.45. The van der Waals surface area contributed by atoms with E-state index in [9.17, 15) is 19.2 Å². The molecule has 268 valence electrons. The lowest BCUT2D eigenvalue weighted by atomic mass is 9.86. The fraction of sp³-hybridized carbons (Fsp3) is 0.879. The van der Waals surface area contributed by atoms with Gasteiger partial charge in [0.25, 0.3) is 0 Å². The zero-order valence-electron chi connectivity index (χ0n) is 30.1. The molecule has 0 aromatic carbocycles. The molecule has 1 aliphatic rings. The maximum absolute atomic E-state index is 13.5. The minimum Gasteiger partial charge on any atom is -0.374 e. The molecule has 0 heterocycles. The second-order valence-corrected chi connectivity index (χ2v) is 18.1. The van der Waals surface area contributed by atoms with Crippen LogP contribution in [0.15, 0.2) is 0 Å². The van der Waals surface area contributed by atoms with Crippen molar-refractivity contribution in [1.82, 2.24) is 21.3 Å². The van der Waals surface area contributed by atoms with Crippen LogP contribution >= 0.6 is 23.5 Å². The summed E-state index contributed by atoms with van der Waals surface area (Å²) in [6.07, 6.45) is 3.00. The van der Waals surface area contributed by atoms with Gasteiger partial charge < -0.3 is 37.5 Å². The highest BCUT2D eigenvalue weighted by Crippen LogP contribution is 2.40. The van der Waals surface area contributed by atoms with Crippen molar-refractivity contribution in [3.05, 3.63) is 0 Å². The van der Waals surface area contributed by atoms with Gasteiger partial charge in [-0.05, 0) is 67.7 Å². The number of ether oxygens (including phenoxy) is 1. The molecule has 0 aromatic heterocycles. The molecule has 0 spiro atoms. The zero-order chi connectivity index (χ0) is 35.3. The number of nitrogens with one attached hydrogen (secondary N) is 4. The lowest BCUT2D eigenvalue weighted by molar-refractivity contribution is -0.141. The molecule has 11 nitrogen and oxygen atoms in total. The van der Waals surface area contributed by atoms with Gasteiger partial charge in [-0.3, -0.25) is 19.2 Å². The molecular formula is C33H64N6O5S2. The molecule has 0 aliphatic heterocycles. The van der Waals surface area contributed by atoms with Gasteiger partial charge in [-0.1, -0.05) is 20.8 Å². The largest absolute Gasteiger partial charge is 0.374 e. The Kier molecular flexibility index (Phi) is 17.6. The smallest absolute Gasteiger partial charge is 0.243 e. The first-order valence-electron chi connectivity index (χ1n) is 16.6. The lowest BCUT2D eigenvalue weighted by Crippen LogP contribution is -2.54. The Morgan fingerprint density at radius 2 is 1.26 bits per heavy atom. The van der Waals surface area contributed by atoms with Crippen LogP contribution in [0.2, 0.25) is 0 Å². The van der Waals surface area contributed by atoms with Gasteiger partial charge in [0, 0.05) is 65.6 Å². The molecule has 3 amide bonds. The Labute approximate surface area is 286 Å². The van der Waals surface area contributed by atoms with Crippen LogP contribution in [0.1, 0.15) is 94.9 Å². The molecule has 4 unspecified atom stereocenters. The molecule has 4 atom stereocenters. The zero-order valence-corrected chi connectivity index (χ0v) is 31.7. The number of carbonyl (C=O) groups is 4. The van der Waals surface area contributed by atoms with E-state index in [0.717, 1.165) is 12.8 Å². The van der Waals surface area contributed by atoms with E-state index in [4.69, 9.17) is 16.2 Å². The molecule has 13 heteroatoms. The van der Waals surface area contributed by atoms with E-state index >= 15 is 0 Å². The first kappa shape index (κ1) is 42.6. The third-order valence-corrected chi connectivity index (χ3v) is 11.0. The Hall–Kier alpha value is -1.38. The van der Waals surface area contributed by atoms with Crippen LogP contribution in [-0.4, -0.2) is 102 Å². The van der Waals surface area contributed by atoms with Crippen molar-refractivity contribution in [3.8, 4) is 0 Å². The van der Waals surface area contributed by atoms with Gasteiger partial charge in [-0.2, -0.15) is 23.5 Å². The molecule has 1 saturated carbocycles. The number of carbonyl (C=O) groups excluding carboxylic acids is 4. The number of amides is 3. The SMILES string of the molecule is CC(C)(C)NC(CSC1CCC1SCC(NC(=O)C(C)(C)COC(C)(C)CCC(=O)C(C)(C)C)C(=O)NCCN)C(=O)NCCN. The lowest BCUT2D eigenvalue weighted by Gasteiger charge is -2.38. The first-order valence-corrected chi connectivity index (χ1v) is 18.7. The first-order chi connectivity index (χ1) is 21.1. The fourth-order valence-corrected chi connectivity index (χ4v) is 7.57. The van der Waals surface area contributed by atoms with Crippen LogP contribution in [0, 0.1) is 10.8 Å². The Morgan fingerprint density at radius 1 is 0.783 bits per heavy atom. The van der Waals surface area contributed by atoms with Gasteiger partial charge in [-0.15, -0.1) is 0 Å². The summed E-state index contributed by atoms with van der Waals surface area (Å²) in [7, 11) is 0. The van der Waals surface area contributed by atoms with Gasteiger partial charge in [0.1, 0.15) is 11.8 Å². The molecule has 0 aromatic rings. The Bertz CT molecular complexity index is 996. The molecule has 0 saturated heterocycles. The van der Waals surface area contributed by atoms with Crippen LogP contribution in [0.25, 0.3) is 0 Å². The van der Waals surface area contributed by atoms with Crippen LogP contribution in [0.5, 0.6) is 0 Å². The molecule has 0 bridgehead atoms. The van der Waals surface area contributed by atoms with Gasteiger partial charge in [0.15, 0.2) is 0 Å². The third-order valence-electron chi connectivity index (χ3n) is 7.77. The van der Waals surface area contributed by atoms with Gasteiger partial charge >= 0.3 is 0 Å². The predicted octanol–water partition coefficient (Wildman–Crippen LogP) is 2.59. The third kappa shape index (κ3) is 16.1. The normalized spacial score (nSPS) is 18.7. The number of hydrogen-bond donors (Lipinski definition) is 6. The number of nitrogens with two attached hydrogens (primary N) is 2. The van der Waals surface area contributed by atoms with Crippen LogP contribution in [0.3, 0.4) is 0 Å². The topological polar surface area (TPSA) is 178 Å². The van der Waals surface area contributed by atoms with Crippen molar-refractivity contribution in [1.29, 1.82) is 0 Å². The Balaban J connectivity index is 2.80. The summed E-state index contributed by atoms with van der Waals surface area (Å²) in [6.45, 7) is 20.9. The summed E-state index contributed by atoms with van der Waals surface area (Å²) < 4.78 is 6.16. The monoisotopic (exact) mass is 688 g/mol. The van der Waals surface area contributed by atoms with E-state index in [2.05, 4.69) is 21.3 Å². The summed E-state index contributed by atoms with van der Waals surface area (Å²) in [4.78, 5) is 51.8. The average Bonchev–Trinajstić information content (AvgIpc) is 2.93. The summed E-state index contributed by atoms with van der Waals surface area (Å²) in [5, 5.41) is 12.8. The highest BCUT2D eigenvalue weighted by molar-refractivity contribution is 8.04. The number of hydrogen-bond acceptors (Lipinski definition) is 10. The minimum absolute atomic E-state index is 0.0517. The standard InChI is InChI=1S/C33H64N6O5S2/c1-30(2,3)26(40)13-14-33(9,10)44-21-32(7,8)29(43)38-22(27(41)36-17-15-34)19-45-24-11-12-25(24)46-20-23(39-31(4,5)6)28(42)37-18-16-35/h22-25,39H,11-21,34-35H2,1-10H3,(H,36,41)(H,37,42)(H,38,43). The number of thioether (sulfide) groups is 2. The average molecular weight is 689 g/mol. The van der Waals surface area contributed by atoms with Crippen LogP contribution in [-0.2, 0) is 23.9 Å². The predicted molar refractivity (Wildman–Crippen MR) is 192 cm³/mol. The highest BCUT2D eigenvalue weighted by atomic mass is 32.2. The summed E-state index contributed by atoms with van der Waals surface area (Å²) in [6, 6.07) is -1.07. The van der Waals surface area contributed by atoms with Gasteiger partial charge in [0.2, 0.25) is 17.7 Å². The van der Waals surface area contributed by atoms with Crippen molar-refractivity contribution >= 4 is 47.0 Å². The molecule has 1 rings (SSSR count). The van der Waals surface area contributed by atoms with E-state index in [1.165, 1.54) is 0 Å². The van der Waals surface area contributed by atoms with Gasteiger partial charge in [-0.25, -0.2) is 0 Å². The Morgan fingerprint density at radius 3 is 1.70 bits per heavy atom. The van der Waals surface area contributed by atoms with Crippen molar-refractivity contribution in [2.75, 3.05) is 44.3 Å². The van der Waals surface area contributed by atoms with E-state index in [0.29, 0.717) is 61.0 Å². The summed E-state index contributed by atoms with van der Waals surface area (Å²) in [5.74, 6) is 0.625. The molecule has 0 radical (unpaired) electrons. The molecule has 1 fully saturated rings. The van der Waals surface area contributed by atoms with Crippen molar-refractivity contribution in [2.24, 2.45) is 22.3 Å². The van der Waals surface area contributed by atoms with E-state index in [1.807, 2.05) is 55.4 Å². The second-order valence-electron chi connectivity index (χ2n) is 15.6. The van der Waals surface area contributed by atoms with E-state index < -0.39 is 22.5 Å². The maximum Gasteiger partial charge on any atom is 0.243 e. The van der Waals surface area contributed by atoms with Crippen molar-refractivity contribution < 1.29 is 23.9 Å². The quantitative estimate of drug-likeness (QED) is 0.105. The van der Waals surface area contributed by atoms with Gasteiger partial charge in [0.05, 0.1) is 23.7 Å². The molecular weight excluding hydrogens is 625 g/mol. The van der Waals surface area contributed by atoms with Crippen LogP contribution < -0.4 is 32.7 Å². The van der Waals surface area contributed by atoms with Crippen molar-refractivity contribution in [2.45, 2.75) is 129 Å².